The molecule has 1 saturated heterocycles. The van der Waals surface area contributed by atoms with Crippen molar-refractivity contribution in [1.29, 1.82) is 0 Å². The first-order chi connectivity index (χ1) is 11.7. The van der Waals surface area contributed by atoms with Gasteiger partial charge in [0.15, 0.2) is 5.96 Å². The average Bonchev–Trinajstić information content (AvgIpc) is 3.03. The number of nitrogens with one attached hydrogen (secondary N) is 2. The SMILES string of the molecule is CCCN1CCC(CNC(=NC)NCc2ccc(C)cc2OC)C1. The van der Waals surface area contributed by atoms with Gasteiger partial charge < -0.3 is 20.3 Å². The first-order valence-corrected chi connectivity index (χ1v) is 8.96. The Kier molecular flexibility index (Phi) is 7.37. The maximum atomic E-state index is 5.46. The van der Waals surface area contributed by atoms with Gasteiger partial charge in [-0.15, -0.1) is 0 Å². The molecule has 5 nitrogen and oxygen atoms in total. The van der Waals surface area contributed by atoms with Crippen molar-refractivity contribution in [3.05, 3.63) is 29.3 Å². The van der Waals surface area contributed by atoms with Crippen LogP contribution in [-0.4, -0.2) is 51.2 Å². The number of methoxy groups -OCH3 is 1. The van der Waals surface area contributed by atoms with Gasteiger partial charge in [-0.1, -0.05) is 19.1 Å². The van der Waals surface area contributed by atoms with Gasteiger partial charge in [-0.05, 0) is 50.4 Å². The second-order valence-electron chi connectivity index (χ2n) is 6.58. The molecule has 1 aliphatic heterocycles. The Morgan fingerprint density at radius 2 is 2.21 bits per heavy atom. The second-order valence-corrected chi connectivity index (χ2v) is 6.58. The van der Waals surface area contributed by atoms with Crippen LogP contribution in [0.2, 0.25) is 0 Å². The summed E-state index contributed by atoms with van der Waals surface area (Å²) in [6, 6.07) is 6.28. The topological polar surface area (TPSA) is 48.9 Å². The van der Waals surface area contributed by atoms with E-state index >= 15 is 0 Å². The number of aliphatic imine (C=N–C) groups is 1. The fourth-order valence-corrected chi connectivity index (χ4v) is 3.24. The molecule has 0 saturated carbocycles. The number of hydrogen-bond acceptors (Lipinski definition) is 3. The molecule has 134 valence electrons. The zero-order valence-electron chi connectivity index (χ0n) is 15.6. The predicted octanol–water partition coefficient (Wildman–Crippen LogP) is 2.40. The van der Waals surface area contributed by atoms with Crippen LogP contribution in [0.1, 0.15) is 30.9 Å². The highest BCUT2D eigenvalue weighted by Gasteiger charge is 2.21. The molecule has 0 spiro atoms. The lowest BCUT2D eigenvalue weighted by Gasteiger charge is -2.17. The fourth-order valence-electron chi connectivity index (χ4n) is 3.24. The van der Waals surface area contributed by atoms with E-state index in [9.17, 15) is 0 Å². The van der Waals surface area contributed by atoms with Gasteiger partial charge in [0.1, 0.15) is 5.75 Å². The van der Waals surface area contributed by atoms with E-state index in [-0.39, 0.29) is 0 Å². The molecule has 0 aromatic heterocycles. The zero-order chi connectivity index (χ0) is 17.4. The van der Waals surface area contributed by atoms with E-state index in [1.807, 2.05) is 7.05 Å². The molecule has 0 bridgehead atoms. The molecule has 1 heterocycles. The standard InChI is InChI=1S/C19H32N4O/c1-5-9-23-10-8-16(14-23)12-21-19(20-3)22-13-17-7-6-15(2)11-18(17)24-4/h6-7,11,16H,5,8-10,12-14H2,1-4H3,(H2,20,21,22). The lowest BCUT2D eigenvalue weighted by molar-refractivity contribution is 0.324. The van der Waals surface area contributed by atoms with Gasteiger partial charge in [-0.25, -0.2) is 0 Å². The van der Waals surface area contributed by atoms with Crippen molar-refractivity contribution in [2.75, 3.05) is 40.3 Å². The molecule has 1 unspecified atom stereocenters. The highest BCUT2D eigenvalue weighted by atomic mass is 16.5. The van der Waals surface area contributed by atoms with E-state index in [0.29, 0.717) is 12.5 Å². The van der Waals surface area contributed by atoms with Crippen LogP contribution in [-0.2, 0) is 6.54 Å². The minimum absolute atomic E-state index is 0.704. The summed E-state index contributed by atoms with van der Waals surface area (Å²) in [5.41, 5.74) is 2.34. The van der Waals surface area contributed by atoms with Crippen molar-refractivity contribution in [2.24, 2.45) is 10.9 Å². The molecule has 1 fully saturated rings. The highest BCUT2D eigenvalue weighted by Crippen LogP contribution is 2.19. The summed E-state index contributed by atoms with van der Waals surface area (Å²) < 4.78 is 5.46. The van der Waals surface area contributed by atoms with Crippen molar-refractivity contribution in [3.8, 4) is 5.75 Å². The number of guanidine groups is 1. The molecule has 24 heavy (non-hydrogen) atoms. The largest absolute Gasteiger partial charge is 0.496 e. The maximum Gasteiger partial charge on any atom is 0.191 e. The van der Waals surface area contributed by atoms with Crippen molar-refractivity contribution in [3.63, 3.8) is 0 Å². The van der Waals surface area contributed by atoms with Crippen LogP contribution < -0.4 is 15.4 Å². The van der Waals surface area contributed by atoms with E-state index in [2.05, 4.69) is 52.6 Å². The summed E-state index contributed by atoms with van der Waals surface area (Å²) in [5, 5.41) is 6.85. The molecular weight excluding hydrogens is 300 g/mol. The molecular formula is C19H32N4O. The van der Waals surface area contributed by atoms with Crippen LogP contribution in [0.4, 0.5) is 0 Å². The summed E-state index contributed by atoms with van der Waals surface area (Å²) in [4.78, 5) is 6.89. The quantitative estimate of drug-likeness (QED) is 0.595. The minimum atomic E-state index is 0.704. The summed E-state index contributed by atoms with van der Waals surface area (Å²) in [6.07, 6.45) is 2.51. The molecule has 1 aliphatic rings. The third-order valence-corrected chi connectivity index (χ3v) is 4.58. The van der Waals surface area contributed by atoms with Gasteiger partial charge in [0.05, 0.1) is 7.11 Å². The van der Waals surface area contributed by atoms with Gasteiger partial charge in [0.2, 0.25) is 0 Å². The number of nitrogens with zero attached hydrogens (tertiary/aromatic N) is 2. The van der Waals surface area contributed by atoms with E-state index in [1.54, 1.807) is 7.11 Å². The molecule has 1 atom stereocenters. The van der Waals surface area contributed by atoms with Crippen LogP contribution in [0, 0.1) is 12.8 Å². The Morgan fingerprint density at radius 3 is 2.92 bits per heavy atom. The van der Waals surface area contributed by atoms with Crippen molar-refractivity contribution < 1.29 is 4.74 Å². The number of aryl methyl sites for hydroxylation is 1. The lowest BCUT2D eigenvalue weighted by Crippen LogP contribution is -2.40. The molecule has 5 heteroatoms. The molecule has 2 rings (SSSR count). The number of benzene rings is 1. The first-order valence-electron chi connectivity index (χ1n) is 8.96. The lowest BCUT2D eigenvalue weighted by atomic mass is 10.1. The Morgan fingerprint density at radius 1 is 1.38 bits per heavy atom. The smallest absolute Gasteiger partial charge is 0.191 e. The maximum absolute atomic E-state index is 5.46. The van der Waals surface area contributed by atoms with Crippen LogP contribution >= 0.6 is 0 Å². The number of ether oxygens (including phenoxy) is 1. The Bertz CT molecular complexity index is 544. The zero-order valence-corrected chi connectivity index (χ0v) is 15.6. The molecule has 1 aromatic rings. The second kappa shape index (κ2) is 9.52. The van der Waals surface area contributed by atoms with Gasteiger partial charge in [-0.2, -0.15) is 0 Å². The normalized spacial score (nSPS) is 18.7. The Labute approximate surface area is 146 Å². The molecule has 0 radical (unpaired) electrons. The first kappa shape index (κ1) is 18.6. The van der Waals surface area contributed by atoms with Crippen molar-refractivity contribution in [2.45, 2.75) is 33.2 Å². The molecule has 2 N–H and O–H groups in total. The fraction of sp³-hybridized carbons (Fsp3) is 0.632. The van der Waals surface area contributed by atoms with E-state index in [4.69, 9.17) is 4.74 Å². The Balaban J connectivity index is 1.79. The average molecular weight is 332 g/mol. The summed E-state index contributed by atoms with van der Waals surface area (Å²) in [5.74, 6) is 2.49. The number of rotatable bonds is 7. The molecule has 0 amide bonds. The Hall–Kier alpha value is -1.75. The third kappa shape index (κ3) is 5.41. The van der Waals surface area contributed by atoms with Gasteiger partial charge >= 0.3 is 0 Å². The van der Waals surface area contributed by atoms with Crippen molar-refractivity contribution >= 4 is 5.96 Å². The van der Waals surface area contributed by atoms with Crippen LogP contribution in [0.3, 0.4) is 0 Å². The van der Waals surface area contributed by atoms with Gasteiger partial charge in [0, 0.05) is 32.2 Å². The van der Waals surface area contributed by atoms with E-state index in [1.165, 1.54) is 38.0 Å². The monoisotopic (exact) mass is 332 g/mol. The van der Waals surface area contributed by atoms with E-state index in [0.717, 1.165) is 23.8 Å². The van der Waals surface area contributed by atoms with Crippen LogP contribution in [0.15, 0.2) is 23.2 Å². The summed E-state index contributed by atoms with van der Waals surface area (Å²) >= 11 is 0. The summed E-state index contributed by atoms with van der Waals surface area (Å²) in [6.45, 7) is 9.65. The molecule has 0 aliphatic carbocycles. The van der Waals surface area contributed by atoms with Crippen molar-refractivity contribution in [1.82, 2.24) is 15.5 Å². The van der Waals surface area contributed by atoms with Gasteiger partial charge in [-0.3, -0.25) is 4.99 Å². The summed E-state index contributed by atoms with van der Waals surface area (Å²) in [7, 11) is 3.53. The van der Waals surface area contributed by atoms with Crippen LogP contribution in [0.5, 0.6) is 5.75 Å². The van der Waals surface area contributed by atoms with Gasteiger partial charge in [0.25, 0.3) is 0 Å². The number of hydrogen-bond donors (Lipinski definition) is 2. The third-order valence-electron chi connectivity index (χ3n) is 4.58. The number of likely N-dealkylation sites (tertiary alicyclic amines) is 1. The minimum Gasteiger partial charge on any atom is -0.496 e. The van der Waals surface area contributed by atoms with E-state index < -0.39 is 0 Å². The predicted molar refractivity (Wildman–Crippen MR) is 101 cm³/mol. The molecule has 1 aromatic carbocycles. The highest BCUT2D eigenvalue weighted by molar-refractivity contribution is 5.79. The van der Waals surface area contributed by atoms with Crippen LogP contribution in [0.25, 0.3) is 0 Å².